The van der Waals surface area contributed by atoms with Crippen LogP contribution in [0.15, 0.2) is 47.1 Å². The summed E-state index contributed by atoms with van der Waals surface area (Å²) in [5.41, 5.74) is 11.8. The largest absolute Gasteiger partial charge is 0.366 e. The molecule has 0 spiro atoms. The highest BCUT2D eigenvalue weighted by Crippen LogP contribution is 1.99. The van der Waals surface area contributed by atoms with Crippen molar-refractivity contribution < 1.29 is 4.79 Å². The second-order valence-corrected chi connectivity index (χ2v) is 1.95. The van der Waals surface area contributed by atoms with Crippen LogP contribution in [0.5, 0.6) is 0 Å². The van der Waals surface area contributed by atoms with E-state index in [0.717, 1.165) is 0 Å². The molecule has 5 heteroatoms. The fraction of sp³-hybridized carbons (Fsp3) is 0. The third-order valence-electron chi connectivity index (χ3n) is 1.09. The summed E-state index contributed by atoms with van der Waals surface area (Å²) in [5.74, 6) is -0.981. The zero-order chi connectivity index (χ0) is 10.3. The van der Waals surface area contributed by atoms with E-state index < -0.39 is 5.91 Å². The van der Waals surface area contributed by atoms with E-state index in [9.17, 15) is 4.79 Å². The van der Waals surface area contributed by atoms with Crippen molar-refractivity contribution in [2.45, 2.75) is 0 Å². The molecular weight excluding hydrogens is 168 g/mol. The van der Waals surface area contributed by atoms with Gasteiger partial charge in [-0.05, 0) is 6.08 Å². The molecule has 0 bridgehead atoms. The zero-order valence-corrected chi connectivity index (χ0v) is 7.03. The number of hydrogen-bond donors (Lipinski definition) is 2. The lowest BCUT2D eigenvalue weighted by molar-refractivity contribution is -0.114. The summed E-state index contributed by atoms with van der Waals surface area (Å²) >= 11 is 0. The van der Waals surface area contributed by atoms with E-state index >= 15 is 0 Å². The monoisotopic (exact) mass is 178 g/mol. The maximum Gasteiger partial charge on any atom is 0.280 e. The first kappa shape index (κ1) is 11.0. The smallest absolute Gasteiger partial charge is 0.280 e. The van der Waals surface area contributed by atoms with Crippen molar-refractivity contribution in [3.8, 4) is 0 Å². The van der Waals surface area contributed by atoms with Gasteiger partial charge in [-0.1, -0.05) is 25.3 Å². The van der Waals surface area contributed by atoms with E-state index in [1.165, 1.54) is 18.2 Å². The minimum Gasteiger partial charge on any atom is -0.366 e. The van der Waals surface area contributed by atoms with Crippen LogP contribution in [0.25, 0.3) is 0 Å². The highest BCUT2D eigenvalue weighted by Gasteiger charge is 2.03. The normalized spacial score (nSPS) is 12.0. The number of amides is 1. The SMILES string of the molecule is C=C/C=C(\C=C)C(=O)N=C(N)N=N. The maximum atomic E-state index is 11.1. The molecule has 0 heterocycles. The number of carbonyl (C=O) groups excluding carboxylic acids is 1. The number of allylic oxidation sites excluding steroid dienone is 2. The van der Waals surface area contributed by atoms with Gasteiger partial charge < -0.3 is 5.73 Å². The lowest BCUT2D eigenvalue weighted by Crippen LogP contribution is -2.11. The Bertz CT molecular complexity index is 301. The Morgan fingerprint density at radius 2 is 2.08 bits per heavy atom. The number of nitrogens with one attached hydrogen (secondary N) is 1. The molecule has 0 aromatic carbocycles. The molecule has 0 rings (SSSR count). The Balaban J connectivity index is 4.77. The summed E-state index contributed by atoms with van der Waals surface area (Å²) < 4.78 is 0. The van der Waals surface area contributed by atoms with Crippen LogP contribution in [0.4, 0.5) is 0 Å². The number of nitrogens with zero attached hydrogens (tertiary/aromatic N) is 2. The van der Waals surface area contributed by atoms with Crippen LogP contribution in [-0.2, 0) is 4.79 Å². The Morgan fingerprint density at radius 3 is 2.46 bits per heavy atom. The first-order chi connectivity index (χ1) is 6.15. The number of rotatable bonds is 3. The van der Waals surface area contributed by atoms with E-state index in [1.54, 1.807) is 0 Å². The molecule has 0 aromatic rings. The third-order valence-corrected chi connectivity index (χ3v) is 1.09. The summed E-state index contributed by atoms with van der Waals surface area (Å²) in [7, 11) is 0. The van der Waals surface area contributed by atoms with Crippen LogP contribution in [-0.4, -0.2) is 11.9 Å². The molecule has 0 saturated heterocycles. The second kappa shape index (κ2) is 5.59. The molecule has 0 atom stereocenters. The van der Waals surface area contributed by atoms with Crippen molar-refractivity contribution in [3.05, 3.63) is 37.0 Å². The van der Waals surface area contributed by atoms with Gasteiger partial charge in [0.05, 0.1) is 0 Å². The molecule has 1 amide bonds. The first-order valence-electron chi connectivity index (χ1n) is 3.36. The summed E-state index contributed by atoms with van der Waals surface area (Å²) in [6.45, 7) is 6.82. The summed E-state index contributed by atoms with van der Waals surface area (Å²) in [6, 6.07) is 0. The lowest BCUT2D eigenvalue weighted by Gasteiger charge is -1.93. The van der Waals surface area contributed by atoms with Crippen LogP contribution in [0, 0.1) is 5.53 Å². The van der Waals surface area contributed by atoms with Gasteiger partial charge in [-0.2, -0.15) is 4.99 Å². The van der Waals surface area contributed by atoms with Crippen molar-refractivity contribution in [1.29, 1.82) is 5.53 Å². The zero-order valence-electron chi connectivity index (χ0n) is 7.03. The number of hydrogen-bond acceptors (Lipinski definition) is 2. The van der Waals surface area contributed by atoms with E-state index in [4.69, 9.17) is 11.3 Å². The fourth-order valence-corrected chi connectivity index (χ4v) is 0.547. The van der Waals surface area contributed by atoms with Gasteiger partial charge in [-0.15, -0.1) is 5.11 Å². The molecule has 0 aliphatic rings. The number of nitrogens with two attached hydrogens (primary N) is 1. The van der Waals surface area contributed by atoms with Gasteiger partial charge in [-0.3, -0.25) is 4.79 Å². The van der Waals surface area contributed by atoms with Crippen molar-refractivity contribution in [2.24, 2.45) is 15.8 Å². The van der Waals surface area contributed by atoms with E-state index in [1.807, 2.05) is 0 Å². The molecule has 0 aromatic heterocycles. The van der Waals surface area contributed by atoms with Gasteiger partial charge >= 0.3 is 0 Å². The minimum atomic E-state index is -0.594. The minimum absolute atomic E-state index is 0.251. The average molecular weight is 178 g/mol. The van der Waals surface area contributed by atoms with Crippen molar-refractivity contribution in [1.82, 2.24) is 0 Å². The molecular formula is C8H10N4O. The molecule has 13 heavy (non-hydrogen) atoms. The molecule has 68 valence electrons. The summed E-state index contributed by atoms with van der Waals surface area (Å²) in [6.07, 6.45) is 4.19. The number of guanidine groups is 1. The van der Waals surface area contributed by atoms with Crippen LogP contribution in [0.1, 0.15) is 0 Å². The van der Waals surface area contributed by atoms with Crippen molar-refractivity contribution in [2.75, 3.05) is 0 Å². The summed E-state index contributed by atoms with van der Waals surface area (Å²) in [5, 5.41) is 2.77. The van der Waals surface area contributed by atoms with Gasteiger partial charge in [-0.25, -0.2) is 5.53 Å². The topological polar surface area (TPSA) is 91.7 Å². The Kier molecular flexibility index (Phi) is 4.71. The van der Waals surface area contributed by atoms with Crippen LogP contribution in [0.3, 0.4) is 0 Å². The molecule has 0 radical (unpaired) electrons. The predicted octanol–water partition coefficient (Wildman–Crippen LogP) is 1.16. The fourth-order valence-electron chi connectivity index (χ4n) is 0.547. The third kappa shape index (κ3) is 3.76. The predicted molar refractivity (Wildman–Crippen MR) is 50.3 cm³/mol. The Hall–Kier alpha value is -2.04. The van der Waals surface area contributed by atoms with Gasteiger partial charge in [0.2, 0.25) is 5.96 Å². The molecule has 0 aliphatic carbocycles. The molecule has 3 N–H and O–H groups in total. The highest BCUT2D eigenvalue weighted by molar-refractivity contribution is 6.03. The first-order valence-corrected chi connectivity index (χ1v) is 3.36. The van der Waals surface area contributed by atoms with E-state index in [-0.39, 0.29) is 11.5 Å². The van der Waals surface area contributed by atoms with Gasteiger partial charge in [0.15, 0.2) is 0 Å². The maximum absolute atomic E-state index is 11.1. The summed E-state index contributed by atoms with van der Waals surface area (Å²) in [4.78, 5) is 14.4. The number of aliphatic imine (C=N–C) groups is 1. The lowest BCUT2D eigenvalue weighted by atomic mass is 10.2. The molecule has 0 fully saturated rings. The quantitative estimate of drug-likeness (QED) is 0.223. The molecule has 0 saturated carbocycles. The molecule has 5 nitrogen and oxygen atoms in total. The number of carbonyl (C=O) groups is 1. The van der Waals surface area contributed by atoms with Crippen molar-refractivity contribution in [3.63, 3.8) is 0 Å². The van der Waals surface area contributed by atoms with Gasteiger partial charge in [0, 0.05) is 5.57 Å². The van der Waals surface area contributed by atoms with Crippen molar-refractivity contribution >= 4 is 11.9 Å². The van der Waals surface area contributed by atoms with E-state index in [0.29, 0.717) is 0 Å². The van der Waals surface area contributed by atoms with Crippen LogP contribution >= 0.6 is 0 Å². The van der Waals surface area contributed by atoms with Crippen LogP contribution in [0.2, 0.25) is 0 Å². The molecule has 0 unspecified atom stereocenters. The van der Waals surface area contributed by atoms with Crippen LogP contribution < -0.4 is 5.73 Å². The molecule has 0 aliphatic heterocycles. The second-order valence-electron chi connectivity index (χ2n) is 1.95. The highest BCUT2D eigenvalue weighted by atomic mass is 16.1. The Labute approximate surface area is 75.9 Å². The van der Waals surface area contributed by atoms with Gasteiger partial charge in [0.1, 0.15) is 0 Å². The standard InChI is InChI=1S/C8H10N4O/c1-3-5-6(4-2)7(13)11-8(9)12-10/h3-5,10H,1-2H2,(H2,9,11,13)/b6-5+,12-10?. The Morgan fingerprint density at radius 1 is 1.46 bits per heavy atom. The van der Waals surface area contributed by atoms with Gasteiger partial charge in [0.25, 0.3) is 5.91 Å². The van der Waals surface area contributed by atoms with E-state index in [2.05, 4.69) is 23.3 Å². The average Bonchev–Trinajstić information content (AvgIpc) is 2.13.